The Bertz CT molecular complexity index is 2570. The zero-order valence-corrected chi connectivity index (χ0v) is 16.9. The van der Waals surface area contributed by atoms with E-state index in [1.165, 1.54) is 6.07 Å². The van der Waals surface area contributed by atoms with Crippen LogP contribution in [-0.4, -0.2) is 24.1 Å². The van der Waals surface area contributed by atoms with Crippen LogP contribution in [0.3, 0.4) is 0 Å². The van der Waals surface area contributed by atoms with Gasteiger partial charge in [-0.15, -0.1) is 0 Å². The van der Waals surface area contributed by atoms with Gasteiger partial charge in [0.2, 0.25) is 17.2 Å². The summed E-state index contributed by atoms with van der Waals surface area (Å²) in [5, 5.41) is -1.13. The molecule has 0 atom stereocenters. The van der Waals surface area contributed by atoms with Gasteiger partial charge in [0.1, 0.15) is 0 Å². The fourth-order valence-electron chi connectivity index (χ4n) is 3.84. The number of halogens is 1. The van der Waals surface area contributed by atoms with E-state index in [9.17, 15) is 0 Å². The van der Waals surface area contributed by atoms with Crippen molar-refractivity contribution < 1.29 is 20.6 Å². The van der Waals surface area contributed by atoms with Crippen molar-refractivity contribution >= 4 is 55.2 Å². The Hall–Kier alpha value is -4.22. The molecule has 0 saturated heterocycles. The number of para-hydroxylation sites is 4. The van der Waals surface area contributed by atoms with Gasteiger partial charge in [-0.25, -0.2) is 0 Å². The Kier molecular flexibility index (Phi) is 1.87. The number of hydrogen-bond donors (Lipinski definition) is 0. The van der Waals surface area contributed by atoms with E-state index in [2.05, 4.69) is 15.0 Å². The lowest BCUT2D eigenvalue weighted by molar-refractivity contribution is 0.887. The number of aromatic nitrogens is 5. The summed E-state index contributed by atoms with van der Waals surface area (Å²) in [6.45, 7) is 0. The second-order valence-electron chi connectivity index (χ2n) is 6.85. The Morgan fingerprint density at radius 3 is 1.42 bits per heavy atom. The summed E-state index contributed by atoms with van der Waals surface area (Å²) in [5.74, 6) is -0.956. The molecule has 0 fully saturated rings. The lowest BCUT2D eigenvalue weighted by Gasteiger charge is -2.10. The molecule has 0 unspecified atom stereocenters. The summed E-state index contributed by atoms with van der Waals surface area (Å²) < 4.78 is 129. The minimum absolute atomic E-state index is 0.0150. The van der Waals surface area contributed by atoms with E-state index >= 15 is 0 Å². The summed E-state index contributed by atoms with van der Waals surface area (Å²) in [6.07, 6.45) is 0. The van der Waals surface area contributed by atoms with Gasteiger partial charge in [-0.1, -0.05) is 72.5 Å². The molecule has 0 aliphatic rings. The molecule has 7 aromatic rings. The van der Waals surface area contributed by atoms with Crippen LogP contribution >= 0.6 is 11.6 Å². The van der Waals surface area contributed by atoms with Gasteiger partial charge >= 0.3 is 0 Å². The lowest BCUT2D eigenvalue weighted by atomic mass is 10.2. The van der Waals surface area contributed by atoms with Gasteiger partial charge in [0, 0.05) is 21.5 Å². The van der Waals surface area contributed by atoms with E-state index in [0.29, 0.717) is 0 Å². The molecular weight excluding hydrogens is 430 g/mol. The number of rotatable bonds is 2. The topological polar surface area (TPSA) is 48.5 Å². The van der Waals surface area contributed by atoms with Crippen LogP contribution < -0.4 is 0 Å². The number of fused-ring (bicyclic) bond motifs is 6. The first-order valence-corrected chi connectivity index (χ1v) is 9.83. The highest BCUT2D eigenvalue weighted by molar-refractivity contribution is 6.28. The molecule has 5 nitrogen and oxygen atoms in total. The van der Waals surface area contributed by atoms with E-state index in [0.717, 1.165) is 9.13 Å². The van der Waals surface area contributed by atoms with Crippen LogP contribution in [-0.2, 0) is 0 Å². The van der Waals surface area contributed by atoms with Crippen molar-refractivity contribution in [3.05, 3.63) is 102 Å². The van der Waals surface area contributed by atoms with Crippen molar-refractivity contribution in [2.45, 2.75) is 0 Å². The average Bonchev–Trinajstić information content (AvgIpc) is 3.59. The predicted octanol–water partition coefficient (Wildman–Crippen LogP) is 6.72. The maximum absolute atomic E-state index is 8.74. The largest absolute Gasteiger partial charge is 0.278 e. The fourth-order valence-corrected chi connectivity index (χ4v) is 3.99. The van der Waals surface area contributed by atoms with Crippen LogP contribution in [0.4, 0.5) is 0 Å². The molecule has 6 heteroatoms. The lowest BCUT2D eigenvalue weighted by Crippen LogP contribution is -2.08. The first kappa shape index (κ1) is 8.96. The van der Waals surface area contributed by atoms with E-state index in [4.69, 9.17) is 32.2 Å². The molecule has 156 valence electrons. The Labute approximate surface area is 214 Å². The van der Waals surface area contributed by atoms with Crippen LogP contribution in [0.25, 0.3) is 55.5 Å². The van der Waals surface area contributed by atoms with E-state index in [1.54, 1.807) is 0 Å². The molecular formula is C27H16ClN5. The normalized spacial score (nSPS) is 18.2. The predicted molar refractivity (Wildman–Crippen MR) is 134 cm³/mol. The van der Waals surface area contributed by atoms with Crippen LogP contribution in [0.5, 0.6) is 0 Å². The second kappa shape index (κ2) is 6.89. The Morgan fingerprint density at radius 2 is 0.909 bits per heavy atom. The Balaban J connectivity index is 1.73. The Morgan fingerprint density at radius 1 is 0.515 bits per heavy atom. The number of hydrogen-bond acceptors (Lipinski definition) is 3. The SMILES string of the molecule is [2H]c1cc2c3c([2H])c([2H])c([2H])c([2H])c3n(-c3nc(Cl)nc(-n4c5c([2H])c([2H])c([2H])c([2H])c5c5c([2H])c([2H])c([2H])c([2H])c54)n3)c2c([2H])c1[2H]. The molecule has 3 aromatic heterocycles. The third kappa shape index (κ3) is 2.63. The van der Waals surface area contributed by atoms with Crippen LogP contribution in [0.2, 0.25) is 5.28 Å². The highest BCUT2D eigenvalue weighted by Gasteiger charge is 2.18. The fraction of sp³-hybridized carbons (Fsp3) is 0. The molecule has 0 aliphatic heterocycles. The van der Waals surface area contributed by atoms with Crippen molar-refractivity contribution in [2.24, 2.45) is 0 Å². The molecule has 4 aromatic carbocycles. The second-order valence-corrected chi connectivity index (χ2v) is 7.19. The molecule has 0 aliphatic carbocycles. The zero-order valence-electron chi connectivity index (χ0n) is 31.2. The van der Waals surface area contributed by atoms with Crippen molar-refractivity contribution in [1.29, 1.82) is 0 Å². The molecule has 0 N–H and O–H groups in total. The smallest absolute Gasteiger partial charge is 0.240 e. The molecule has 0 spiro atoms. The van der Waals surface area contributed by atoms with Gasteiger partial charge in [0.25, 0.3) is 0 Å². The summed E-state index contributed by atoms with van der Waals surface area (Å²) in [5.41, 5.74) is -1.02. The molecule has 3 heterocycles. The van der Waals surface area contributed by atoms with Crippen LogP contribution in [0, 0.1) is 0 Å². The van der Waals surface area contributed by atoms with Gasteiger partial charge in [0.05, 0.1) is 42.6 Å². The standard InChI is InChI=1S/C27H16ClN5/c28-25-29-26(32-21-13-5-1-9-17(21)18-10-2-6-14-22(18)32)31-27(30-25)33-23-15-7-3-11-19(23)20-12-4-8-16-24(20)33/h1-16H/i1D,2D,3D,4D,5D,6D,7D,8D,9D,10D,11D,13D,14D,15D,16D. The summed E-state index contributed by atoms with van der Waals surface area (Å²) in [6, 6.07) is -7.70. The summed E-state index contributed by atoms with van der Waals surface area (Å²) in [4.78, 5) is 12.7. The van der Waals surface area contributed by atoms with Gasteiger partial charge in [-0.05, 0) is 35.8 Å². The van der Waals surface area contributed by atoms with Crippen molar-refractivity contribution in [3.63, 3.8) is 0 Å². The van der Waals surface area contributed by atoms with E-state index in [-0.39, 0.29) is 49.7 Å². The maximum atomic E-state index is 8.74. The van der Waals surface area contributed by atoms with Crippen molar-refractivity contribution in [2.75, 3.05) is 0 Å². The molecule has 7 rings (SSSR count). The minimum atomic E-state index is -0.682. The van der Waals surface area contributed by atoms with E-state index in [1.807, 2.05) is 0 Å². The summed E-state index contributed by atoms with van der Waals surface area (Å²) >= 11 is 6.41. The average molecular weight is 461 g/mol. The number of benzene rings is 4. The van der Waals surface area contributed by atoms with Gasteiger partial charge in [-0.3, -0.25) is 9.13 Å². The molecule has 0 saturated carbocycles. The first-order valence-electron chi connectivity index (χ1n) is 16.9. The van der Waals surface area contributed by atoms with Crippen molar-refractivity contribution in [3.8, 4) is 11.9 Å². The third-order valence-corrected chi connectivity index (χ3v) is 5.30. The third-order valence-electron chi connectivity index (χ3n) is 5.13. The molecule has 0 amide bonds. The first-order chi connectivity index (χ1) is 22.5. The van der Waals surface area contributed by atoms with Crippen LogP contribution in [0.15, 0.2) is 96.7 Å². The summed E-state index contributed by atoms with van der Waals surface area (Å²) in [7, 11) is 0. The van der Waals surface area contributed by atoms with E-state index < -0.39 is 102 Å². The quantitative estimate of drug-likeness (QED) is 0.287. The van der Waals surface area contributed by atoms with Gasteiger partial charge in [0.15, 0.2) is 0 Å². The van der Waals surface area contributed by atoms with Crippen molar-refractivity contribution in [1.82, 2.24) is 24.1 Å². The molecule has 33 heavy (non-hydrogen) atoms. The monoisotopic (exact) mass is 460 g/mol. The molecule has 0 radical (unpaired) electrons. The zero-order chi connectivity index (χ0) is 35.0. The highest BCUT2D eigenvalue weighted by Crippen LogP contribution is 2.33. The maximum Gasteiger partial charge on any atom is 0.240 e. The molecule has 0 bridgehead atoms. The van der Waals surface area contributed by atoms with Crippen LogP contribution in [0.1, 0.15) is 20.6 Å². The highest BCUT2D eigenvalue weighted by atomic mass is 35.5. The van der Waals surface area contributed by atoms with Gasteiger partial charge < -0.3 is 0 Å². The van der Waals surface area contributed by atoms with Gasteiger partial charge in [-0.2, -0.15) is 15.0 Å². The number of nitrogens with zero attached hydrogens (tertiary/aromatic N) is 5. The minimum Gasteiger partial charge on any atom is -0.278 e.